The summed E-state index contributed by atoms with van der Waals surface area (Å²) in [5.74, 6) is 0.895. The Balaban J connectivity index is 2.32. The topological polar surface area (TPSA) is 42.7 Å². The monoisotopic (exact) mass is 244 g/mol. The van der Waals surface area contributed by atoms with Gasteiger partial charge in [0, 0.05) is 18.4 Å². The summed E-state index contributed by atoms with van der Waals surface area (Å²) in [7, 11) is 1.93. The molecule has 0 radical (unpaired) electrons. The highest BCUT2D eigenvalue weighted by molar-refractivity contribution is 5.28. The molecule has 18 heavy (non-hydrogen) atoms. The van der Waals surface area contributed by atoms with Crippen molar-refractivity contribution in [2.45, 2.75) is 33.2 Å². The van der Waals surface area contributed by atoms with Crippen LogP contribution < -0.4 is 5.32 Å². The van der Waals surface area contributed by atoms with E-state index in [0.29, 0.717) is 0 Å². The third-order valence-electron chi connectivity index (χ3n) is 2.97. The normalized spacial score (nSPS) is 10.8. The van der Waals surface area contributed by atoms with E-state index in [9.17, 15) is 0 Å². The minimum absolute atomic E-state index is 0.841. The smallest absolute Gasteiger partial charge is 0.153 e. The quantitative estimate of drug-likeness (QED) is 0.876. The first-order valence-electron chi connectivity index (χ1n) is 6.46. The maximum Gasteiger partial charge on any atom is 0.153 e. The Morgan fingerprint density at radius 3 is 2.61 bits per heavy atom. The Kier molecular flexibility index (Phi) is 4.10. The molecule has 0 fully saturated rings. The van der Waals surface area contributed by atoms with Crippen LogP contribution in [0.25, 0.3) is 5.82 Å². The van der Waals surface area contributed by atoms with Crippen LogP contribution in [0.15, 0.2) is 24.4 Å². The number of hydrogen-bond donors (Lipinski definition) is 1. The molecule has 0 unspecified atom stereocenters. The molecule has 4 heteroatoms. The fraction of sp³-hybridized carbons (Fsp3) is 0.429. The molecule has 4 nitrogen and oxygen atoms in total. The van der Waals surface area contributed by atoms with Crippen LogP contribution in [0.4, 0.5) is 0 Å². The van der Waals surface area contributed by atoms with Gasteiger partial charge in [-0.2, -0.15) is 5.10 Å². The predicted molar refractivity (Wildman–Crippen MR) is 72.9 cm³/mol. The molecule has 0 aliphatic heterocycles. The van der Waals surface area contributed by atoms with Gasteiger partial charge in [-0.1, -0.05) is 19.9 Å². The number of aryl methyl sites for hydroxylation is 2. The number of hydrogen-bond acceptors (Lipinski definition) is 3. The van der Waals surface area contributed by atoms with E-state index in [-0.39, 0.29) is 0 Å². The second kappa shape index (κ2) is 5.78. The summed E-state index contributed by atoms with van der Waals surface area (Å²) in [5.41, 5.74) is 3.51. The summed E-state index contributed by atoms with van der Waals surface area (Å²) in [4.78, 5) is 4.48. The third-order valence-corrected chi connectivity index (χ3v) is 2.97. The summed E-state index contributed by atoms with van der Waals surface area (Å²) in [5, 5.41) is 7.70. The van der Waals surface area contributed by atoms with E-state index in [0.717, 1.165) is 30.9 Å². The predicted octanol–water partition coefficient (Wildman–Crippen LogP) is 2.11. The first kappa shape index (κ1) is 12.8. The molecule has 0 spiro atoms. The van der Waals surface area contributed by atoms with Crippen molar-refractivity contribution in [1.29, 1.82) is 0 Å². The maximum absolute atomic E-state index is 4.58. The average Bonchev–Trinajstić information content (AvgIpc) is 2.83. The summed E-state index contributed by atoms with van der Waals surface area (Å²) < 4.78 is 1.95. The van der Waals surface area contributed by atoms with Crippen LogP contribution in [-0.4, -0.2) is 21.8 Å². The number of nitrogens with one attached hydrogen (secondary N) is 1. The van der Waals surface area contributed by atoms with Crippen LogP contribution in [0.3, 0.4) is 0 Å². The lowest BCUT2D eigenvalue weighted by Gasteiger charge is -2.06. The van der Waals surface area contributed by atoms with Gasteiger partial charge >= 0.3 is 0 Å². The van der Waals surface area contributed by atoms with Gasteiger partial charge in [0.15, 0.2) is 5.82 Å². The van der Waals surface area contributed by atoms with Gasteiger partial charge in [-0.15, -0.1) is 0 Å². The van der Waals surface area contributed by atoms with Gasteiger partial charge in [-0.25, -0.2) is 9.67 Å². The molecule has 2 aromatic rings. The molecule has 0 saturated carbocycles. The summed E-state index contributed by atoms with van der Waals surface area (Å²) >= 11 is 0. The molecule has 2 rings (SSSR count). The lowest BCUT2D eigenvalue weighted by atomic mass is 10.2. The molecule has 1 N–H and O–H groups in total. The van der Waals surface area contributed by atoms with Crippen LogP contribution in [-0.2, 0) is 19.4 Å². The Bertz CT molecular complexity index is 499. The molecule has 0 aliphatic carbocycles. The van der Waals surface area contributed by atoms with Gasteiger partial charge in [0.05, 0.1) is 5.69 Å². The van der Waals surface area contributed by atoms with Crippen molar-refractivity contribution in [1.82, 2.24) is 20.1 Å². The second-order valence-corrected chi connectivity index (χ2v) is 4.30. The molecule has 0 amide bonds. The van der Waals surface area contributed by atoms with E-state index in [2.05, 4.69) is 41.4 Å². The van der Waals surface area contributed by atoms with E-state index in [1.807, 2.05) is 24.0 Å². The van der Waals surface area contributed by atoms with Gasteiger partial charge in [0.1, 0.15) is 0 Å². The van der Waals surface area contributed by atoms with Gasteiger partial charge in [-0.3, -0.25) is 0 Å². The second-order valence-electron chi connectivity index (χ2n) is 4.30. The fourth-order valence-corrected chi connectivity index (χ4v) is 1.95. The zero-order valence-corrected chi connectivity index (χ0v) is 11.3. The van der Waals surface area contributed by atoms with Crippen LogP contribution in [0.5, 0.6) is 0 Å². The van der Waals surface area contributed by atoms with Crippen molar-refractivity contribution in [3.63, 3.8) is 0 Å². The van der Waals surface area contributed by atoms with E-state index >= 15 is 0 Å². The molecule has 0 aliphatic rings. The number of aromatic nitrogens is 3. The Labute approximate surface area is 108 Å². The largest absolute Gasteiger partial charge is 0.316 e. The van der Waals surface area contributed by atoms with Crippen molar-refractivity contribution < 1.29 is 0 Å². The minimum atomic E-state index is 0.841. The molecule has 2 heterocycles. The zero-order valence-electron chi connectivity index (χ0n) is 11.3. The van der Waals surface area contributed by atoms with Crippen molar-refractivity contribution in [3.05, 3.63) is 41.3 Å². The fourth-order valence-electron chi connectivity index (χ4n) is 1.95. The molecule has 0 saturated heterocycles. The van der Waals surface area contributed by atoms with E-state index in [1.165, 1.54) is 11.3 Å². The van der Waals surface area contributed by atoms with Crippen molar-refractivity contribution in [3.8, 4) is 5.82 Å². The first-order chi connectivity index (χ1) is 8.78. The molecular formula is C14H20N4. The highest BCUT2D eigenvalue weighted by atomic mass is 15.3. The molecule has 96 valence electrons. The Hall–Kier alpha value is -1.68. The summed E-state index contributed by atoms with van der Waals surface area (Å²) in [6.07, 6.45) is 3.82. The van der Waals surface area contributed by atoms with Crippen molar-refractivity contribution >= 4 is 0 Å². The van der Waals surface area contributed by atoms with E-state index in [1.54, 1.807) is 0 Å². The molecular weight excluding hydrogens is 224 g/mol. The lowest BCUT2D eigenvalue weighted by molar-refractivity contribution is 0.764. The summed E-state index contributed by atoms with van der Waals surface area (Å²) in [6, 6.07) is 6.27. The number of rotatable bonds is 5. The minimum Gasteiger partial charge on any atom is -0.316 e. The first-order valence-corrected chi connectivity index (χ1v) is 6.46. The molecule has 2 aromatic heterocycles. The lowest BCUT2D eigenvalue weighted by Crippen LogP contribution is -2.07. The van der Waals surface area contributed by atoms with Crippen LogP contribution in [0.2, 0.25) is 0 Å². The maximum atomic E-state index is 4.58. The average molecular weight is 244 g/mol. The van der Waals surface area contributed by atoms with Gasteiger partial charge in [0.25, 0.3) is 0 Å². The van der Waals surface area contributed by atoms with Crippen LogP contribution in [0.1, 0.15) is 30.8 Å². The standard InChI is InChI=1S/C14H20N4/c1-4-12-8-13(5-2)18(17-12)14-7-6-11(9-15-3)10-16-14/h6-8,10,15H,4-5,9H2,1-3H3. The van der Waals surface area contributed by atoms with Crippen molar-refractivity contribution in [2.75, 3.05) is 7.05 Å². The Morgan fingerprint density at radius 2 is 2.06 bits per heavy atom. The number of nitrogens with zero attached hydrogens (tertiary/aromatic N) is 3. The van der Waals surface area contributed by atoms with Gasteiger partial charge in [0.2, 0.25) is 0 Å². The van der Waals surface area contributed by atoms with Crippen molar-refractivity contribution in [2.24, 2.45) is 0 Å². The Morgan fingerprint density at radius 1 is 1.22 bits per heavy atom. The molecule has 0 aromatic carbocycles. The van der Waals surface area contributed by atoms with Crippen LogP contribution in [0, 0.1) is 0 Å². The van der Waals surface area contributed by atoms with E-state index in [4.69, 9.17) is 0 Å². The van der Waals surface area contributed by atoms with Crippen LogP contribution >= 0.6 is 0 Å². The molecule has 0 bridgehead atoms. The van der Waals surface area contributed by atoms with Gasteiger partial charge in [-0.05, 0) is 37.6 Å². The third kappa shape index (κ3) is 2.59. The molecule has 0 atom stereocenters. The zero-order chi connectivity index (χ0) is 13.0. The van der Waals surface area contributed by atoms with E-state index < -0.39 is 0 Å². The number of pyridine rings is 1. The highest BCUT2D eigenvalue weighted by Crippen LogP contribution is 2.12. The summed E-state index contributed by atoms with van der Waals surface area (Å²) in [6.45, 7) is 5.10. The highest BCUT2D eigenvalue weighted by Gasteiger charge is 2.08. The van der Waals surface area contributed by atoms with Gasteiger partial charge < -0.3 is 5.32 Å². The SMILES string of the molecule is CCc1cc(CC)n(-c2ccc(CNC)cn2)n1.